The normalized spacial score (nSPS) is 15.0. The Hall–Kier alpha value is -2.04. The van der Waals surface area contributed by atoms with Crippen molar-refractivity contribution in [3.8, 4) is 0 Å². The Morgan fingerprint density at radius 3 is 2.68 bits per heavy atom. The highest BCUT2D eigenvalue weighted by atomic mass is 35.5. The number of carbonyl (C=O) groups is 1. The Balaban J connectivity index is 1.51. The van der Waals surface area contributed by atoms with E-state index in [-0.39, 0.29) is 23.0 Å². The van der Waals surface area contributed by atoms with Crippen molar-refractivity contribution < 1.29 is 17.9 Å². The number of anilines is 1. The molecule has 1 amide bonds. The van der Waals surface area contributed by atoms with Gasteiger partial charge in [0, 0.05) is 37.6 Å². The molecule has 1 fully saturated rings. The molecule has 0 radical (unpaired) electrons. The third kappa shape index (κ3) is 6.14. The highest BCUT2D eigenvalue weighted by molar-refractivity contribution is 7.91. The molecule has 2 aromatic carbocycles. The van der Waals surface area contributed by atoms with Crippen LogP contribution >= 0.6 is 22.9 Å². The average molecular weight is 522 g/mol. The number of nitrogens with zero attached hydrogens (tertiary/aromatic N) is 3. The van der Waals surface area contributed by atoms with Crippen molar-refractivity contribution in [1.82, 2.24) is 9.88 Å². The average Bonchev–Trinajstić information content (AvgIpc) is 3.25. The predicted octanol–water partition coefficient (Wildman–Crippen LogP) is 4.18. The number of fused-ring (bicyclic) bond motifs is 1. The zero-order chi connectivity index (χ0) is 24.1. The summed E-state index contributed by atoms with van der Waals surface area (Å²) < 4.78 is 31.8. The van der Waals surface area contributed by atoms with Crippen molar-refractivity contribution in [2.45, 2.75) is 24.7 Å². The Bertz CT molecular complexity index is 1240. The SMILES string of the molecule is Cc1cc(Cl)cc2sc(N(CCCN3CCOCC3)C(=O)CCS(=O)(=O)c3ccccc3)nc12. The standard InChI is InChI=1S/C24H28ClN3O4S2/c1-18-16-19(25)17-21-23(18)26-24(33-21)28(10-5-9-27-11-13-32-14-12-27)22(29)8-15-34(30,31)20-6-3-2-4-7-20/h2-4,6-7,16-17H,5,8-15H2,1H3. The number of rotatable bonds is 9. The molecule has 4 rings (SSSR count). The Morgan fingerprint density at radius 2 is 1.94 bits per heavy atom. The Kier molecular flexibility index (Phi) is 8.21. The predicted molar refractivity (Wildman–Crippen MR) is 137 cm³/mol. The van der Waals surface area contributed by atoms with Crippen LogP contribution < -0.4 is 4.90 Å². The molecule has 0 unspecified atom stereocenters. The molecule has 0 bridgehead atoms. The monoisotopic (exact) mass is 521 g/mol. The van der Waals surface area contributed by atoms with E-state index in [1.54, 1.807) is 35.2 Å². The van der Waals surface area contributed by atoms with Crippen LogP contribution in [0.4, 0.5) is 5.13 Å². The van der Waals surface area contributed by atoms with Gasteiger partial charge in [-0.1, -0.05) is 41.1 Å². The van der Waals surface area contributed by atoms with Crippen molar-refractivity contribution in [3.63, 3.8) is 0 Å². The van der Waals surface area contributed by atoms with Crippen LogP contribution in [-0.2, 0) is 19.4 Å². The topological polar surface area (TPSA) is 79.8 Å². The van der Waals surface area contributed by atoms with Gasteiger partial charge in [-0.25, -0.2) is 13.4 Å². The van der Waals surface area contributed by atoms with Gasteiger partial charge in [0.1, 0.15) is 0 Å². The molecule has 0 atom stereocenters. The molecule has 1 aromatic heterocycles. The minimum atomic E-state index is -3.55. The summed E-state index contributed by atoms with van der Waals surface area (Å²) in [4.78, 5) is 22.2. The molecule has 34 heavy (non-hydrogen) atoms. The lowest BCUT2D eigenvalue weighted by molar-refractivity contribution is -0.118. The van der Waals surface area contributed by atoms with Crippen molar-refractivity contribution in [1.29, 1.82) is 0 Å². The lowest BCUT2D eigenvalue weighted by Crippen LogP contribution is -2.39. The van der Waals surface area contributed by atoms with Crippen molar-refractivity contribution in [2.24, 2.45) is 0 Å². The maximum Gasteiger partial charge on any atom is 0.229 e. The van der Waals surface area contributed by atoms with Gasteiger partial charge in [-0.3, -0.25) is 14.6 Å². The minimum absolute atomic E-state index is 0.107. The fourth-order valence-corrected chi connectivity index (χ4v) is 6.68. The van der Waals surface area contributed by atoms with Crippen LogP contribution in [0.2, 0.25) is 5.02 Å². The van der Waals surface area contributed by atoms with Crippen LogP contribution in [0, 0.1) is 6.92 Å². The molecule has 1 aliphatic heterocycles. The van der Waals surface area contributed by atoms with Gasteiger partial charge >= 0.3 is 0 Å². The van der Waals surface area contributed by atoms with Gasteiger partial charge in [-0.05, 0) is 43.2 Å². The van der Waals surface area contributed by atoms with Crippen molar-refractivity contribution in [3.05, 3.63) is 53.1 Å². The smallest absolute Gasteiger partial charge is 0.229 e. The number of benzene rings is 2. The molecule has 10 heteroatoms. The first-order valence-electron chi connectivity index (χ1n) is 11.3. The van der Waals surface area contributed by atoms with Gasteiger partial charge < -0.3 is 4.74 Å². The maximum absolute atomic E-state index is 13.3. The van der Waals surface area contributed by atoms with Crippen LogP contribution in [0.15, 0.2) is 47.4 Å². The van der Waals surface area contributed by atoms with Gasteiger partial charge in [0.05, 0.1) is 34.1 Å². The van der Waals surface area contributed by atoms with Crippen molar-refractivity contribution >= 4 is 54.0 Å². The second-order valence-corrected chi connectivity index (χ2v) is 11.9. The van der Waals surface area contributed by atoms with Crippen LogP contribution in [0.25, 0.3) is 10.2 Å². The molecule has 7 nitrogen and oxygen atoms in total. The van der Waals surface area contributed by atoms with E-state index >= 15 is 0 Å². The van der Waals surface area contributed by atoms with E-state index in [1.165, 1.54) is 11.3 Å². The zero-order valence-corrected chi connectivity index (χ0v) is 21.5. The third-order valence-corrected chi connectivity index (χ3v) is 8.79. The number of hydrogen-bond donors (Lipinski definition) is 0. The Labute approximate surface area is 209 Å². The lowest BCUT2D eigenvalue weighted by atomic mass is 10.2. The molecule has 0 N–H and O–H groups in total. The van der Waals surface area contributed by atoms with E-state index in [4.69, 9.17) is 21.3 Å². The summed E-state index contributed by atoms with van der Waals surface area (Å²) in [5.74, 6) is -0.491. The summed E-state index contributed by atoms with van der Waals surface area (Å²) in [6.45, 7) is 6.44. The number of amides is 1. The highest BCUT2D eigenvalue weighted by Crippen LogP contribution is 2.33. The first-order chi connectivity index (χ1) is 16.3. The number of thiazole rings is 1. The van der Waals surface area contributed by atoms with E-state index in [2.05, 4.69) is 4.90 Å². The molecule has 3 aromatic rings. The summed E-state index contributed by atoms with van der Waals surface area (Å²) in [5.41, 5.74) is 1.75. The van der Waals surface area contributed by atoms with E-state index < -0.39 is 9.84 Å². The van der Waals surface area contributed by atoms with Crippen LogP contribution in [0.5, 0.6) is 0 Å². The number of morpholine rings is 1. The molecular formula is C24H28ClN3O4S2. The largest absolute Gasteiger partial charge is 0.379 e. The zero-order valence-electron chi connectivity index (χ0n) is 19.1. The first-order valence-corrected chi connectivity index (χ1v) is 14.1. The number of aromatic nitrogens is 1. The Morgan fingerprint density at radius 1 is 1.21 bits per heavy atom. The number of sulfone groups is 1. The lowest BCUT2D eigenvalue weighted by Gasteiger charge is -2.27. The minimum Gasteiger partial charge on any atom is -0.379 e. The summed E-state index contributed by atoms with van der Waals surface area (Å²) >= 11 is 7.62. The van der Waals surface area contributed by atoms with Crippen LogP contribution in [0.3, 0.4) is 0 Å². The van der Waals surface area contributed by atoms with Gasteiger partial charge in [-0.2, -0.15) is 0 Å². The number of aryl methyl sites for hydroxylation is 1. The number of ether oxygens (including phenoxy) is 1. The summed E-state index contributed by atoms with van der Waals surface area (Å²) in [6.07, 6.45) is 0.650. The second kappa shape index (κ2) is 11.1. The van der Waals surface area contributed by atoms with Gasteiger partial charge in [-0.15, -0.1) is 0 Å². The molecule has 182 valence electrons. The fraction of sp³-hybridized carbons (Fsp3) is 0.417. The van der Waals surface area contributed by atoms with Gasteiger partial charge in [0.25, 0.3) is 0 Å². The molecule has 0 saturated carbocycles. The summed E-state index contributed by atoms with van der Waals surface area (Å²) in [7, 11) is -3.55. The molecule has 2 heterocycles. The van der Waals surface area contributed by atoms with Crippen LogP contribution in [0.1, 0.15) is 18.4 Å². The highest BCUT2D eigenvalue weighted by Gasteiger charge is 2.24. The maximum atomic E-state index is 13.3. The summed E-state index contributed by atoms with van der Waals surface area (Å²) in [5, 5.41) is 1.20. The summed E-state index contributed by atoms with van der Waals surface area (Å²) in [6, 6.07) is 11.9. The fourth-order valence-electron chi connectivity index (χ4n) is 3.96. The van der Waals surface area contributed by atoms with E-state index in [1.807, 2.05) is 19.1 Å². The van der Waals surface area contributed by atoms with E-state index in [9.17, 15) is 13.2 Å². The molecule has 1 saturated heterocycles. The van der Waals surface area contributed by atoms with Gasteiger partial charge in [0.15, 0.2) is 15.0 Å². The number of carbonyl (C=O) groups excluding carboxylic acids is 1. The van der Waals surface area contributed by atoms with E-state index in [0.717, 1.165) is 55.0 Å². The number of hydrogen-bond acceptors (Lipinski definition) is 7. The van der Waals surface area contributed by atoms with Crippen molar-refractivity contribution in [2.75, 3.05) is 50.0 Å². The van der Waals surface area contributed by atoms with Gasteiger partial charge in [0.2, 0.25) is 5.91 Å². The molecule has 1 aliphatic rings. The van der Waals surface area contributed by atoms with Crippen LogP contribution in [-0.4, -0.2) is 69.4 Å². The quantitative estimate of drug-likeness (QED) is 0.420. The third-order valence-electron chi connectivity index (χ3n) is 5.82. The number of halogens is 1. The second-order valence-electron chi connectivity index (χ2n) is 8.30. The van der Waals surface area contributed by atoms with E-state index in [0.29, 0.717) is 16.7 Å². The molecular weight excluding hydrogens is 494 g/mol. The first kappa shape index (κ1) is 25.1. The molecule has 0 aliphatic carbocycles. The molecule has 0 spiro atoms.